The third kappa shape index (κ3) is 3.57. The molecule has 108 valence electrons. The molecule has 0 aliphatic carbocycles. The fourth-order valence-electron chi connectivity index (χ4n) is 1.62. The van der Waals surface area contributed by atoms with Crippen molar-refractivity contribution in [1.82, 2.24) is 4.98 Å². The number of nitrogens with one attached hydrogen (secondary N) is 1. The zero-order valence-corrected chi connectivity index (χ0v) is 12.5. The summed E-state index contributed by atoms with van der Waals surface area (Å²) in [7, 11) is 1.54. The van der Waals surface area contributed by atoms with Gasteiger partial charge in [-0.3, -0.25) is 4.79 Å². The van der Waals surface area contributed by atoms with Gasteiger partial charge in [0.2, 0.25) is 0 Å². The van der Waals surface area contributed by atoms with Crippen LogP contribution in [0.5, 0.6) is 5.75 Å². The number of pyridine rings is 1. The molecule has 0 aliphatic heterocycles. The zero-order chi connectivity index (χ0) is 15.4. The Bertz CT molecular complexity index is 703. The number of hydrogen-bond acceptors (Lipinski definition) is 4. The molecule has 0 spiro atoms. The van der Waals surface area contributed by atoms with Crippen LogP contribution in [0.1, 0.15) is 21.0 Å². The second kappa shape index (κ2) is 6.36. The molecule has 2 aromatic rings. The average Bonchev–Trinajstić information content (AvgIpc) is 2.47. The van der Waals surface area contributed by atoms with E-state index in [0.717, 1.165) is 0 Å². The van der Waals surface area contributed by atoms with Crippen LogP contribution in [0.15, 0.2) is 40.9 Å². The maximum absolute atomic E-state index is 12.0. The number of aromatic nitrogens is 1. The molecule has 2 rings (SSSR count). The van der Waals surface area contributed by atoms with Gasteiger partial charge < -0.3 is 15.2 Å². The van der Waals surface area contributed by atoms with E-state index in [1.807, 2.05) is 0 Å². The Balaban J connectivity index is 2.20. The molecule has 0 fully saturated rings. The molecule has 21 heavy (non-hydrogen) atoms. The van der Waals surface area contributed by atoms with Crippen LogP contribution in [0.25, 0.3) is 0 Å². The van der Waals surface area contributed by atoms with Gasteiger partial charge in [-0.15, -0.1) is 0 Å². The minimum atomic E-state index is -1.18. The van der Waals surface area contributed by atoms with Gasteiger partial charge in [0.1, 0.15) is 17.1 Å². The van der Waals surface area contributed by atoms with Gasteiger partial charge in [-0.05, 0) is 46.3 Å². The summed E-state index contributed by atoms with van der Waals surface area (Å²) in [5.41, 5.74) is 0.385. The molecule has 0 aliphatic rings. The van der Waals surface area contributed by atoms with Crippen molar-refractivity contribution in [2.24, 2.45) is 0 Å². The van der Waals surface area contributed by atoms with Crippen molar-refractivity contribution in [1.29, 1.82) is 0 Å². The highest BCUT2D eigenvalue weighted by Crippen LogP contribution is 2.27. The lowest BCUT2D eigenvalue weighted by molar-refractivity contribution is 0.0690. The monoisotopic (exact) mass is 350 g/mol. The maximum atomic E-state index is 12.0. The fraction of sp³-hybridized carbons (Fsp3) is 0.0714. The summed E-state index contributed by atoms with van der Waals surface area (Å²) in [6.07, 6.45) is 0. The van der Waals surface area contributed by atoms with E-state index in [0.29, 0.717) is 15.9 Å². The van der Waals surface area contributed by atoms with Crippen LogP contribution < -0.4 is 10.1 Å². The molecular formula is C14H11BrN2O4. The molecule has 0 saturated heterocycles. The van der Waals surface area contributed by atoms with Gasteiger partial charge in [0, 0.05) is 5.69 Å². The number of anilines is 1. The molecule has 6 nitrogen and oxygen atoms in total. The number of methoxy groups -OCH3 is 1. The van der Waals surface area contributed by atoms with Crippen molar-refractivity contribution in [3.8, 4) is 5.75 Å². The number of hydrogen-bond donors (Lipinski definition) is 2. The van der Waals surface area contributed by atoms with Crippen LogP contribution in [-0.4, -0.2) is 29.1 Å². The van der Waals surface area contributed by atoms with E-state index in [1.54, 1.807) is 25.3 Å². The Morgan fingerprint density at radius 1 is 1.24 bits per heavy atom. The number of rotatable bonds is 4. The van der Waals surface area contributed by atoms with Crippen LogP contribution in [0.3, 0.4) is 0 Å². The number of carbonyl (C=O) groups excluding carboxylic acids is 1. The van der Waals surface area contributed by atoms with Crippen LogP contribution in [0, 0.1) is 0 Å². The zero-order valence-electron chi connectivity index (χ0n) is 11.0. The van der Waals surface area contributed by atoms with Crippen LogP contribution in [0.4, 0.5) is 5.69 Å². The van der Waals surface area contributed by atoms with Gasteiger partial charge in [0.15, 0.2) is 0 Å². The first kappa shape index (κ1) is 15.0. The van der Waals surface area contributed by atoms with E-state index in [1.165, 1.54) is 18.2 Å². The topological polar surface area (TPSA) is 88.5 Å². The van der Waals surface area contributed by atoms with Gasteiger partial charge >= 0.3 is 5.97 Å². The van der Waals surface area contributed by atoms with Crippen molar-refractivity contribution in [3.63, 3.8) is 0 Å². The number of carbonyl (C=O) groups is 2. The summed E-state index contributed by atoms with van der Waals surface area (Å²) in [6, 6.07) is 9.28. The molecule has 0 bridgehead atoms. The highest BCUT2D eigenvalue weighted by Gasteiger charge is 2.12. The van der Waals surface area contributed by atoms with Gasteiger partial charge in [0.05, 0.1) is 11.6 Å². The molecule has 2 N–H and O–H groups in total. The Kier molecular flexibility index (Phi) is 4.54. The lowest BCUT2D eigenvalue weighted by Gasteiger charge is -2.08. The third-order valence-corrected chi connectivity index (χ3v) is 3.23. The molecule has 0 atom stereocenters. The molecule has 0 saturated carbocycles. The number of nitrogens with zero attached hydrogens (tertiary/aromatic N) is 1. The first-order chi connectivity index (χ1) is 10.0. The second-order valence-corrected chi connectivity index (χ2v) is 4.87. The lowest BCUT2D eigenvalue weighted by atomic mass is 10.2. The van der Waals surface area contributed by atoms with E-state index in [9.17, 15) is 9.59 Å². The van der Waals surface area contributed by atoms with Crippen molar-refractivity contribution in [2.75, 3.05) is 12.4 Å². The third-order valence-electron chi connectivity index (χ3n) is 2.61. The number of carboxylic acid groups (broad SMARTS) is 1. The van der Waals surface area contributed by atoms with Gasteiger partial charge in [0.25, 0.3) is 5.91 Å². The Labute approximate surface area is 128 Å². The number of aromatic carboxylic acids is 1. The van der Waals surface area contributed by atoms with E-state index >= 15 is 0 Å². The average molecular weight is 351 g/mol. The SMILES string of the molecule is COc1ccc(NC(=O)c2cccc(C(=O)O)n2)cc1Br. The molecule has 0 unspecified atom stereocenters. The Morgan fingerprint density at radius 2 is 1.95 bits per heavy atom. The number of carboxylic acids is 1. The van der Waals surface area contributed by atoms with Crippen LogP contribution in [-0.2, 0) is 0 Å². The predicted molar refractivity (Wildman–Crippen MR) is 79.8 cm³/mol. The molecule has 1 amide bonds. The minimum absolute atomic E-state index is 0.0295. The largest absolute Gasteiger partial charge is 0.496 e. The van der Waals surface area contributed by atoms with Crippen molar-refractivity contribution >= 4 is 33.5 Å². The number of halogens is 1. The summed E-state index contributed by atoms with van der Waals surface area (Å²) in [6.45, 7) is 0. The van der Waals surface area contributed by atoms with Crippen molar-refractivity contribution < 1.29 is 19.4 Å². The van der Waals surface area contributed by atoms with Crippen LogP contribution >= 0.6 is 15.9 Å². The van der Waals surface area contributed by atoms with E-state index in [4.69, 9.17) is 9.84 Å². The second-order valence-electron chi connectivity index (χ2n) is 4.02. The smallest absolute Gasteiger partial charge is 0.354 e. The molecule has 0 radical (unpaired) electrons. The first-order valence-corrected chi connectivity index (χ1v) is 6.66. The lowest BCUT2D eigenvalue weighted by Crippen LogP contribution is -2.15. The molecule has 7 heteroatoms. The van der Waals surface area contributed by atoms with E-state index < -0.39 is 11.9 Å². The molecule has 1 aromatic carbocycles. The quantitative estimate of drug-likeness (QED) is 0.884. The predicted octanol–water partition coefficient (Wildman–Crippen LogP) is 2.80. The van der Waals surface area contributed by atoms with Gasteiger partial charge in [-0.1, -0.05) is 6.07 Å². The standard InChI is InChI=1S/C14H11BrN2O4/c1-21-12-6-5-8(7-9(12)15)16-13(18)10-3-2-4-11(17-10)14(19)20/h2-7H,1H3,(H,16,18)(H,19,20). The first-order valence-electron chi connectivity index (χ1n) is 5.86. The van der Waals surface area contributed by atoms with E-state index in [2.05, 4.69) is 26.2 Å². The summed E-state index contributed by atoms with van der Waals surface area (Å²) >= 11 is 3.31. The summed E-state index contributed by atoms with van der Waals surface area (Å²) < 4.78 is 5.78. The number of benzene rings is 1. The molecule has 1 heterocycles. The maximum Gasteiger partial charge on any atom is 0.354 e. The highest BCUT2D eigenvalue weighted by molar-refractivity contribution is 9.10. The normalized spacial score (nSPS) is 10.0. The highest BCUT2D eigenvalue weighted by atomic mass is 79.9. The van der Waals surface area contributed by atoms with Crippen molar-refractivity contribution in [3.05, 3.63) is 52.3 Å². The summed E-state index contributed by atoms with van der Waals surface area (Å²) in [5, 5.41) is 11.5. The van der Waals surface area contributed by atoms with Crippen molar-refractivity contribution in [2.45, 2.75) is 0 Å². The Hall–Kier alpha value is -2.41. The molecular weight excluding hydrogens is 340 g/mol. The fourth-order valence-corrected chi connectivity index (χ4v) is 2.16. The summed E-state index contributed by atoms with van der Waals surface area (Å²) in [5.74, 6) is -1.04. The van der Waals surface area contributed by atoms with Gasteiger partial charge in [-0.2, -0.15) is 0 Å². The van der Waals surface area contributed by atoms with Gasteiger partial charge in [-0.25, -0.2) is 9.78 Å². The Morgan fingerprint density at radius 3 is 2.57 bits per heavy atom. The van der Waals surface area contributed by atoms with E-state index in [-0.39, 0.29) is 11.4 Å². The number of amides is 1. The van der Waals surface area contributed by atoms with Crippen LogP contribution in [0.2, 0.25) is 0 Å². The number of ether oxygens (including phenoxy) is 1. The molecule has 1 aromatic heterocycles. The summed E-state index contributed by atoms with van der Waals surface area (Å²) in [4.78, 5) is 26.7. The minimum Gasteiger partial charge on any atom is -0.496 e.